The largest absolute Gasteiger partial charge is 0.494 e. The fourth-order valence-electron chi connectivity index (χ4n) is 4.15. The summed E-state index contributed by atoms with van der Waals surface area (Å²) in [5.41, 5.74) is 2.21. The van der Waals surface area contributed by atoms with E-state index in [1.807, 2.05) is 24.5 Å². The Morgan fingerprint density at radius 1 is 0.815 bits per heavy atom. The SMILES string of the molecule is CCCOc1ccc(-c2cnc(CC[C@H]3CC[C@H](CCC)CC3)nc2)cc1. The number of benzene rings is 1. The molecule has 0 N–H and O–H groups in total. The molecule has 3 nitrogen and oxygen atoms in total. The number of aryl methyl sites for hydroxylation is 1. The summed E-state index contributed by atoms with van der Waals surface area (Å²) in [4.78, 5) is 9.23. The topological polar surface area (TPSA) is 35.0 Å². The van der Waals surface area contributed by atoms with Gasteiger partial charge >= 0.3 is 0 Å². The third-order valence-electron chi connectivity index (χ3n) is 5.81. The highest BCUT2D eigenvalue weighted by Gasteiger charge is 2.20. The highest BCUT2D eigenvalue weighted by molar-refractivity contribution is 5.62. The van der Waals surface area contributed by atoms with E-state index >= 15 is 0 Å². The Morgan fingerprint density at radius 2 is 1.44 bits per heavy atom. The van der Waals surface area contributed by atoms with Crippen molar-refractivity contribution in [2.24, 2.45) is 11.8 Å². The predicted molar refractivity (Wildman–Crippen MR) is 112 cm³/mol. The number of aromatic nitrogens is 2. The molecule has 0 saturated heterocycles. The van der Waals surface area contributed by atoms with Crippen LogP contribution in [-0.4, -0.2) is 16.6 Å². The summed E-state index contributed by atoms with van der Waals surface area (Å²) in [6, 6.07) is 8.21. The van der Waals surface area contributed by atoms with Crippen LogP contribution in [0.5, 0.6) is 5.75 Å². The second kappa shape index (κ2) is 10.4. The third kappa shape index (κ3) is 6.05. The molecule has 0 unspecified atom stereocenters. The molecule has 1 aliphatic carbocycles. The molecule has 27 heavy (non-hydrogen) atoms. The second-order valence-corrected chi connectivity index (χ2v) is 7.97. The van der Waals surface area contributed by atoms with Gasteiger partial charge in [-0.3, -0.25) is 0 Å². The smallest absolute Gasteiger partial charge is 0.128 e. The first-order chi connectivity index (χ1) is 13.3. The maximum absolute atomic E-state index is 5.64. The van der Waals surface area contributed by atoms with Gasteiger partial charge in [0.2, 0.25) is 0 Å². The molecular weight excluding hydrogens is 332 g/mol. The van der Waals surface area contributed by atoms with E-state index in [1.165, 1.54) is 44.9 Å². The standard InChI is InChI=1S/C24H34N2O/c1-3-5-19-6-8-20(9-7-19)10-15-24-25-17-22(18-26-24)21-11-13-23(14-12-21)27-16-4-2/h11-14,17-20H,3-10,15-16H2,1-2H3/t19-,20-. The van der Waals surface area contributed by atoms with Crippen molar-refractivity contribution in [3.05, 3.63) is 42.5 Å². The van der Waals surface area contributed by atoms with Crippen molar-refractivity contribution < 1.29 is 4.74 Å². The molecule has 0 spiro atoms. The van der Waals surface area contributed by atoms with Gasteiger partial charge < -0.3 is 4.74 Å². The summed E-state index contributed by atoms with van der Waals surface area (Å²) >= 11 is 0. The van der Waals surface area contributed by atoms with Crippen molar-refractivity contribution in [1.29, 1.82) is 0 Å². The second-order valence-electron chi connectivity index (χ2n) is 7.97. The molecule has 1 heterocycles. The van der Waals surface area contributed by atoms with Crippen LogP contribution in [0, 0.1) is 11.8 Å². The summed E-state index contributed by atoms with van der Waals surface area (Å²) < 4.78 is 5.64. The van der Waals surface area contributed by atoms with Crippen molar-refractivity contribution in [1.82, 2.24) is 9.97 Å². The monoisotopic (exact) mass is 366 g/mol. The van der Waals surface area contributed by atoms with Gasteiger partial charge in [0, 0.05) is 24.4 Å². The Bertz CT molecular complexity index is 658. The van der Waals surface area contributed by atoms with Crippen molar-refractivity contribution >= 4 is 0 Å². The molecule has 0 aliphatic heterocycles. The summed E-state index contributed by atoms with van der Waals surface area (Å²) in [6.45, 7) is 5.18. The van der Waals surface area contributed by atoms with Crippen molar-refractivity contribution in [2.75, 3.05) is 6.61 Å². The zero-order valence-electron chi connectivity index (χ0n) is 17.0. The summed E-state index contributed by atoms with van der Waals surface area (Å²) in [6.07, 6.45) is 15.6. The molecule has 146 valence electrons. The molecular formula is C24H34N2O. The number of nitrogens with zero attached hydrogens (tertiary/aromatic N) is 2. The lowest BCUT2D eigenvalue weighted by molar-refractivity contribution is 0.251. The molecule has 1 aromatic carbocycles. The first-order valence-corrected chi connectivity index (χ1v) is 10.8. The van der Waals surface area contributed by atoms with Crippen LogP contribution in [0.15, 0.2) is 36.7 Å². The van der Waals surface area contributed by atoms with Crippen LogP contribution in [0.3, 0.4) is 0 Å². The van der Waals surface area contributed by atoms with Gasteiger partial charge in [-0.2, -0.15) is 0 Å². The molecule has 1 aromatic heterocycles. The summed E-state index contributed by atoms with van der Waals surface area (Å²) in [5, 5.41) is 0. The van der Waals surface area contributed by atoms with Crippen LogP contribution in [0.25, 0.3) is 11.1 Å². The van der Waals surface area contributed by atoms with E-state index in [1.54, 1.807) is 0 Å². The fraction of sp³-hybridized carbons (Fsp3) is 0.583. The average molecular weight is 367 g/mol. The molecule has 3 rings (SSSR count). The van der Waals surface area contributed by atoms with Crippen LogP contribution in [0.1, 0.15) is 71.0 Å². The number of rotatable bonds is 9. The van der Waals surface area contributed by atoms with Gasteiger partial charge in [0.1, 0.15) is 11.6 Å². The zero-order valence-corrected chi connectivity index (χ0v) is 17.0. The minimum atomic E-state index is 0.761. The Balaban J connectivity index is 1.47. The van der Waals surface area contributed by atoms with Gasteiger partial charge in [0.25, 0.3) is 0 Å². The van der Waals surface area contributed by atoms with Gasteiger partial charge in [-0.25, -0.2) is 9.97 Å². The fourth-order valence-corrected chi connectivity index (χ4v) is 4.15. The van der Waals surface area contributed by atoms with Crippen molar-refractivity contribution in [2.45, 2.75) is 71.6 Å². The first-order valence-electron chi connectivity index (χ1n) is 10.8. The van der Waals surface area contributed by atoms with Crippen LogP contribution >= 0.6 is 0 Å². The first kappa shape index (κ1) is 19.9. The molecule has 2 aromatic rings. The van der Waals surface area contributed by atoms with E-state index in [0.717, 1.165) is 54.0 Å². The Kier molecular flexibility index (Phi) is 7.67. The molecule has 3 heteroatoms. The van der Waals surface area contributed by atoms with Gasteiger partial charge in [0.05, 0.1) is 6.61 Å². The van der Waals surface area contributed by atoms with Crippen LogP contribution in [0.2, 0.25) is 0 Å². The molecule has 0 atom stereocenters. The lowest BCUT2D eigenvalue weighted by Crippen LogP contribution is -2.15. The highest BCUT2D eigenvalue weighted by atomic mass is 16.5. The predicted octanol–water partition coefficient (Wildman–Crippen LogP) is 6.47. The van der Waals surface area contributed by atoms with Crippen molar-refractivity contribution in [3.63, 3.8) is 0 Å². The zero-order chi connectivity index (χ0) is 18.9. The maximum Gasteiger partial charge on any atom is 0.128 e. The van der Waals surface area contributed by atoms with Gasteiger partial charge in [0.15, 0.2) is 0 Å². The van der Waals surface area contributed by atoms with Crippen LogP contribution in [0.4, 0.5) is 0 Å². The normalized spacial score (nSPS) is 19.8. The Labute approximate surface area is 164 Å². The lowest BCUT2D eigenvalue weighted by atomic mass is 9.78. The van der Waals surface area contributed by atoms with E-state index in [0.29, 0.717) is 0 Å². The van der Waals surface area contributed by atoms with Crippen molar-refractivity contribution in [3.8, 4) is 16.9 Å². The van der Waals surface area contributed by atoms with E-state index in [2.05, 4.69) is 35.9 Å². The quantitative estimate of drug-likeness (QED) is 0.510. The highest BCUT2D eigenvalue weighted by Crippen LogP contribution is 2.33. The maximum atomic E-state index is 5.64. The summed E-state index contributed by atoms with van der Waals surface area (Å²) in [5.74, 6) is 3.77. The average Bonchev–Trinajstić information content (AvgIpc) is 2.73. The van der Waals surface area contributed by atoms with Crippen LogP contribution < -0.4 is 4.74 Å². The molecule has 1 fully saturated rings. The summed E-state index contributed by atoms with van der Waals surface area (Å²) in [7, 11) is 0. The molecule has 0 radical (unpaired) electrons. The number of hydrogen-bond acceptors (Lipinski definition) is 3. The lowest BCUT2D eigenvalue weighted by Gasteiger charge is -2.28. The van der Waals surface area contributed by atoms with E-state index in [9.17, 15) is 0 Å². The van der Waals surface area contributed by atoms with Crippen LogP contribution in [-0.2, 0) is 6.42 Å². The van der Waals surface area contributed by atoms with Gasteiger partial charge in [-0.1, -0.05) is 64.5 Å². The Morgan fingerprint density at radius 3 is 2.04 bits per heavy atom. The molecule has 1 aliphatic rings. The number of ether oxygens (including phenoxy) is 1. The minimum Gasteiger partial charge on any atom is -0.494 e. The molecule has 1 saturated carbocycles. The third-order valence-corrected chi connectivity index (χ3v) is 5.81. The van der Waals surface area contributed by atoms with Gasteiger partial charge in [-0.05, 0) is 42.4 Å². The Hall–Kier alpha value is -1.90. The minimum absolute atomic E-state index is 0.761. The van der Waals surface area contributed by atoms with E-state index in [-0.39, 0.29) is 0 Å². The molecule has 0 amide bonds. The van der Waals surface area contributed by atoms with Gasteiger partial charge in [-0.15, -0.1) is 0 Å². The van der Waals surface area contributed by atoms with E-state index in [4.69, 9.17) is 4.74 Å². The van der Waals surface area contributed by atoms with E-state index < -0.39 is 0 Å². The number of hydrogen-bond donors (Lipinski definition) is 0. The molecule has 0 bridgehead atoms.